The molecule has 4 unspecified atom stereocenters. The van der Waals surface area contributed by atoms with E-state index in [1.807, 2.05) is 48.6 Å². The van der Waals surface area contributed by atoms with E-state index < -0.39 is 12.2 Å². The topological polar surface area (TPSA) is 99.8 Å². The third-order valence-corrected chi connectivity index (χ3v) is 5.66. The summed E-state index contributed by atoms with van der Waals surface area (Å²) in [6.45, 7) is 2.45. The minimum absolute atomic E-state index is 0.0753. The third kappa shape index (κ3) is 5.08. The summed E-state index contributed by atoms with van der Waals surface area (Å²) >= 11 is 0. The van der Waals surface area contributed by atoms with Crippen LogP contribution in [-0.2, 0) is 4.74 Å². The van der Waals surface area contributed by atoms with E-state index in [-0.39, 0.29) is 18.7 Å². The van der Waals surface area contributed by atoms with Gasteiger partial charge in [0.15, 0.2) is 0 Å². The summed E-state index contributed by atoms with van der Waals surface area (Å²) in [7, 11) is 0. The van der Waals surface area contributed by atoms with Crippen molar-refractivity contribution in [3.8, 4) is 11.1 Å². The number of hydrogen-bond acceptors (Lipinski definition) is 6. The van der Waals surface area contributed by atoms with E-state index in [1.54, 1.807) is 23.9 Å². The Bertz CT molecular complexity index is 1030. The molecule has 0 bridgehead atoms. The van der Waals surface area contributed by atoms with Crippen molar-refractivity contribution in [2.45, 2.75) is 31.2 Å². The van der Waals surface area contributed by atoms with E-state index in [4.69, 9.17) is 4.74 Å². The molecule has 2 aromatic carbocycles. The highest BCUT2D eigenvalue weighted by Gasteiger charge is 2.25. The van der Waals surface area contributed by atoms with E-state index in [9.17, 15) is 15.3 Å². The molecule has 2 heterocycles. The molecule has 4 rings (SSSR count). The zero-order valence-electron chi connectivity index (χ0n) is 18.0. The van der Waals surface area contributed by atoms with Gasteiger partial charge in [0.2, 0.25) is 0 Å². The molecule has 1 aromatic heterocycles. The molecule has 1 fully saturated rings. The lowest BCUT2D eigenvalue weighted by Gasteiger charge is -2.16. The van der Waals surface area contributed by atoms with Gasteiger partial charge in [-0.1, -0.05) is 48.6 Å². The highest BCUT2D eigenvalue weighted by molar-refractivity contribution is 5.68. The molecule has 0 spiro atoms. The fraction of sp³-hybridized carbons (Fsp3) is 0.320. The standard InChI is InChI=1S/C25H29N3O4/c1-17(30)25-26-12-13-28(25)22(14-29)11-4-18-2-5-19(6-3-18)20-7-9-21(10-8-20)27-23-15-32-16-24(23)31/h2-13,17,22-24,27,29-31H,14-16H2,1H3/b11-4+. The quantitative estimate of drug-likeness (QED) is 0.434. The Hall–Kier alpha value is -2.97. The van der Waals surface area contributed by atoms with Crippen LogP contribution in [0.3, 0.4) is 0 Å². The number of aromatic nitrogens is 2. The first-order valence-corrected chi connectivity index (χ1v) is 10.8. The number of aliphatic hydroxyl groups is 3. The minimum atomic E-state index is -0.704. The summed E-state index contributed by atoms with van der Waals surface area (Å²) in [5.41, 5.74) is 4.17. The molecule has 0 amide bonds. The average molecular weight is 436 g/mol. The van der Waals surface area contributed by atoms with Crippen molar-refractivity contribution in [2.24, 2.45) is 0 Å². The Morgan fingerprint density at radius 3 is 2.41 bits per heavy atom. The van der Waals surface area contributed by atoms with Crippen molar-refractivity contribution in [3.05, 3.63) is 78.4 Å². The van der Waals surface area contributed by atoms with Crippen LogP contribution in [0.1, 0.15) is 30.5 Å². The number of rotatable bonds is 8. The van der Waals surface area contributed by atoms with E-state index in [1.165, 1.54) is 0 Å². The lowest BCUT2D eigenvalue weighted by Crippen LogP contribution is -2.31. The smallest absolute Gasteiger partial charge is 0.137 e. The van der Waals surface area contributed by atoms with E-state index >= 15 is 0 Å². The fourth-order valence-electron chi connectivity index (χ4n) is 3.83. The van der Waals surface area contributed by atoms with Gasteiger partial charge in [0, 0.05) is 18.1 Å². The number of ether oxygens (including phenoxy) is 1. The zero-order chi connectivity index (χ0) is 22.5. The lowest BCUT2D eigenvalue weighted by molar-refractivity contribution is 0.125. The number of hydrogen-bond donors (Lipinski definition) is 4. The maximum atomic E-state index is 9.87. The molecule has 0 saturated carbocycles. The van der Waals surface area contributed by atoms with Crippen LogP contribution in [0.4, 0.5) is 5.69 Å². The van der Waals surface area contributed by atoms with Crippen molar-refractivity contribution in [1.29, 1.82) is 0 Å². The van der Waals surface area contributed by atoms with Crippen LogP contribution < -0.4 is 5.32 Å². The summed E-state index contributed by atoms with van der Waals surface area (Å²) < 4.78 is 7.06. The number of nitrogens with zero attached hydrogens (tertiary/aromatic N) is 2. The molecule has 0 radical (unpaired) electrons. The summed E-state index contributed by atoms with van der Waals surface area (Å²) in [6, 6.07) is 15.9. The van der Waals surface area contributed by atoms with Gasteiger partial charge in [0.25, 0.3) is 0 Å². The van der Waals surface area contributed by atoms with Crippen LogP contribution in [0.5, 0.6) is 0 Å². The highest BCUT2D eigenvalue weighted by atomic mass is 16.5. The van der Waals surface area contributed by atoms with Crippen LogP contribution in [-0.4, -0.2) is 56.8 Å². The largest absolute Gasteiger partial charge is 0.394 e. The molecule has 4 atom stereocenters. The Labute approximate surface area is 187 Å². The van der Waals surface area contributed by atoms with Crippen LogP contribution >= 0.6 is 0 Å². The number of anilines is 1. The van der Waals surface area contributed by atoms with E-state index in [2.05, 4.69) is 22.4 Å². The van der Waals surface area contributed by atoms with Gasteiger partial charge in [-0.15, -0.1) is 0 Å². The van der Waals surface area contributed by atoms with Crippen molar-refractivity contribution in [1.82, 2.24) is 9.55 Å². The summed E-state index contributed by atoms with van der Waals surface area (Å²) in [5, 5.41) is 32.8. The first-order chi connectivity index (χ1) is 15.5. The van der Waals surface area contributed by atoms with Gasteiger partial charge in [-0.25, -0.2) is 4.98 Å². The van der Waals surface area contributed by atoms with Gasteiger partial charge >= 0.3 is 0 Å². The van der Waals surface area contributed by atoms with Gasteiger partial charge in [-0.05, 0) is 35.7 Å². The first-order valence-electron chi connectivity index (χ1n) is 10.8. The second-order valence-corrected chi connectivity index (χ2v) is 8.03. The monoisotopic (exact) mass is 435 g/mol. The van der Waals surface area contributed by atoms with Gasteiger partial charge < -0.3 is 29.9 Å². The normalized spacial score (nSPS) is 20.5. The number of aliphatic hydroxyl groups excluding tert-OH is 3. The van der Waals surface area contributed by atoms with E-state index in [0.717, 1.165) is 22.4 Å². The van der Waals surface area contributed by atoms with Gasteiger partial charge in [0.1, 0.15) is 11.9 Å². The Kier molecular flexibility index (Phi) is 7.02. The van der Waals surface area contributed by atoms with Crippen LogP contribution in [0.2, 0.25) is 0 Å². The predicted molar refractivity (Wildman–Crippen MR) is 124 cm³/mol. The minimum Gasteiger partial charge on any atom is -0.394 e. The molecule has 1 aliphatic rings. The average Bonchev–Trinajstić information content (AvgIpc) is 3.45. The zero-order valence-corrected chi connectivity index (χ0v) is 18.0. The second-order valence-electron chi connectivity index (χ2n) is 8.03. The summed E-state index contributed by atoms with van der Waals surface area (Å²) in [5.74, 6) is 0.525. The first kappa shape index (κ1) is 22.2. The van der Waals surface area contributed by atoms with Gasteiger partial charge in [0.05, 0.1) is 38.0 Å². The summed E-state index contributed by atoms with van der Waals surface area (Å²) in [4.78, 5) is 4.17. The lowest BCUT2D eigenvalue weighted by atomic mass is 10.0. The molecule has 7 heteroatoms. The van der Waals surface area contributed by atoms with Gasteiger partial charge in [-0.2, -0.15) is 0 Å². The van der Waals surface area contributed by atoms with Crippen molar-refractivity contribution < 1.29 is 20.1 Å². The van der Waals surface area contributed by atoms with Crippen molar-refractivity contribution in [2.75, 3.05) is 25.1 Å². The second kappa shape index (κ2) is 10.1. The SMILES string of the molecule is CC(O)c1nccn1C(/C=C/c1ccc(-c2ccc(NC3COCC3O)cc2)cc1)CO. The molecule has 0 aliphatic carbocycles. The molecule has 1 saturated heterocycles. The number of benzene rings is 2. The fourth-order valence-corrected chi connectivity index (χ4v) is 3.83. The predicted octanol–water partition coefficient (Wildman–Crippen LogP) is 3.02. The van der Waals surface area contributed by atoms with E-state index in [0.29, 0.717) is 19.0 Å². The molecule has 168 valence electrons. The molecular formula is C25H29N3O4. The maximum Gasteiger partial charge on any atom is 0.137 e. The molecule has 7 nitrogen and oxygen atoms in total. The molecule has 4 N–H and O–H groups in total. The molecule has 3 aromatic rings. The molecular weight excluding hydrogens is 406 g/mol. The Balaban J connectivity index is 1.41. The summed E-state index contributed by atoms with van der Waals surface area (Å²) in [6.07, 6.45) is 6.06. The Morgan fingerprint density at radius 2 is 1.81 bits per heavy atom. The molecule has 32 heavy (non-hydrogen) atoms. The number of nitrogens with one attached hydrogen (secondary N) is 1. The van der Waals surface area contributed by atoms with Crippen LogP contribution in [0, 0.1) is 0 Å². The molecule has 1 aliphatic heterocycles. The van der Waals surface area contributed by atoms with Crippen molar-refractivity contribution >= 4 is 11.8 Å². The van der Waals surface area contributed by atoms with Crippen LogP contribution in [0.15, 0.2) is 67.0 Å². The number of imidazole rings is 1. The maximum absolute atomic E-state index is 9.87. The van der Waals surface area contributed by atoms with Crippen molar-refractivity contribution in [3.63, 3.8) is 0 Å². The Morgan fingerprint density at radius 1 is 1.12 bits per heavy atom. The van der Waals surface area contributed by atoms with Gasteiger partial charge in [-0.3, -0.25) is 0 Å². The van der Waals surface area contributed by atoms with Crippen LogP contribution in [0.25, 0.3) is 17.2 Å². The highest BCUT2D eigenvalue weighted by Crippen LogP contribution is 2.24. The third-order valence-electron chi connectivity index (χ3n) is 5.66.